The summed E-state index contributed by atoms with van der Waals surface area (Å²) >= 11 is 0. The first kappa shape index (κ1) is 14.8. The minimum atomic E-state index is -0.00577. The van der Waals surface area contributed by atoms with Crippen molar-refractivity contribution in [3.05, 3.63) is 47.8 Å². The van der Waals surface area contributed by atoms with Crippen LogP contribution in [0.15, 0.2) is 36.7 Å². The van der Waals surface area contributed by atoms with E-state index >= 15 is 0 Å². The highest BCUT2D eigenvalue weighted by Gasteiger charge is 2.14. The highest BCUT2D eigenvalue weighted by molar-refractivity contribution is 5.94. The van der Waals surface area contributed by atoms with Gasteiger partial charge in [0.25, 0.3) is 5.91 Å². The van der Waals surface area contributed by atoms with E-state index in [2.05, 4.69) is 15.7 Å². The maximum atomic E-state index is 12.2. The molecule has 1 saturated heterocycles. The van der Waals surface area contributed by atoms with E-state index in [1.54, 1.807) is 0 Å². The molecule has 1 aromatic heterocycles. The van der Waals surface area contributed by atoms with E-state index in [1.165, 1.54) is 12.8 Å². The Labute approximate surface area is 130 Å². The average Bonchev–Trinajstić information content (AvgIpc) is 3.00. The zero-order valence-corrected chi connectivity index (χ0v) is 12.9. The number of piperidine rings is 1. The third-order valence-electron chi connectivity index (χ3n) is 4.06. The monoisotopic (exact) mass is 298 g/mol. The van der Waals surface area contributed by atoms with Gasteiger partial charge in [-0.3, -0.25) is 4.79 Å². The summed E-state index contributed by atoms with van der Waals surface area (Å²) in [6.45, 7) is 4.84. The van der Waals surface area contributed by atoms with Crippen LogP contribution in [-0.4, -0.2) is 35.3 Å². The molecule has 0 spiro atoms. The molecule has 0 saturated carbocycles. The molecule has 3 rings (SSSR count). The number of amides is 1. The molecular formula is C17H22N4O. The fourth-order valence-electron chi connectivity index (χ4n) is 2.76. The number of carbonyl (C=O) groups is 1. The Morgan fingerprint density at radius 1 is 1.41 bits per heavy atom. The zero-order chi connectivity index (χ0) is 15.4. The summed E-state index contributed by atoms with van der Waals surface area (Å²) in [5.74, 6) is 0.540. The van der Waals surface area contributed by atoms with Crippen LogP contribution >= 0.6 is 0 Å². The molecule has 5 heteroatoms. The van der Waals surface area contributed by atoms with Crippen LogP contribution in [0.25, 0.3) is 5.69 Å². The summed E-state index contributed by atoms with van der Waals surface area (Å²) < 4.78 is 1.81. The first-order chi connectivity index (χ1) is 10.7. The van der Waals surface area contributed by atoms with Crippen molar-refractivity contribution < 1.29 is 4.79 Å². The van der Waals surface area contributed by atoms with Gasteiger partial charge in [-0.15, -0.1) is 0 Å². The highest BCUT2D eigenvalue weighted by atomic mass is 16.1. The lowest BCUT2D eigenvalue weighted by atomic mass is 9.99. The Morgan fingerprint density at radius 3 is 2.86 bits per heavy atom. The van der Waals surface area contributed by atoms with Crippen molar-refractivity contribution in [2.45, 2.75) is 19.8 Å². The summed E-state index contributed by atoms with van der Waals surface area (Å²) in [5.41, 5.74) is 2.76. The fourth-order valence-corrected chi connectivity index (χ4v) is 2.76. The Bertz CT molecular complexity index is 626. The molecule has 1 unspecified atom stereocenters. The van der Waals surface area contributed by atoms with E-state index in [-0.39, 0.29) is 5.91 Å². The summed E-state index contributed by atoms with van der Waals surface area (Å²) in [7, 11) is 0. The predicted molar refractivity (Wildman–Crippen MR) is 86.2 cm³/mol. The molecule has 2 aromatic rings. The Balaban J connectivity index is 1.58. The summed E-state index contributed by atoms with van der Waals surface area (Å²) in [4.78, 5) is 12.2. The van der Waals surface area contributed by atoms with Crippen molar-refractivity contribution in [2.75, 3.05) is 19.6 Å². The molecule has 22 heavy (non-hydrogen) atoms. The third kappa shape index (κ3) is 3.54. The molecule has 2 heterocycles. The van der Waals surface area contributed by atoms with Crippen LogP contribution in [0.5, 0.6) is 0 Å². The van der Waals surface area contributed by atoms with E-state index in [1.807, 2.05) is 48.3 Å². The van der Waals surface area contributed by atoms with Gasteiger partial charge in [0.1, 0.15) is 0 Å². The van der Waals surface area contributed by atoms with Gasteiger partial charge in [-0.2, -0.15) is 5.10 Å². The fraction of sp³-hybridized carbons (Fsp3) is 0.412. The van der Waals surface area contributed by atoms with Crippen molar-refractivity contribution >= 4 is 5.91 Å². The van der Waals surface area contributed by atoms with Gasteiger partial charge in [0.05, 0.1) is 11.9 Å². The predicted octanol–water partition coefficient (Wildman–Crippen LogP) is 1.91. The number of hydrogen-bond acceptors (Lipinski definition) is 3. The van der Waals surface area contributed by atoms with Crippen molar-refractivity contribution in [3.63, 3.8) is 0 Å². The summed E-state index contributed by atoms with van der Waals surface area (Å²) in [6.07, 6.45) is 6.16. The molecule has 1 fully saturated rings. The van der Waals surface area contributed by atoms with Gasteiger partial charge in [-0.1, -0.05) is 0 Å². The van der Waals surface area contributed by atoms with Gasteiger partial charge in [0.2, 0.25) is 0 Å². The highest BCUT2D eigenvalue weighted by Crippen LogP contribution is 2.11. The van der Waals surface area contributed by atoms with E-state index in [0.717, 1.165) is 30.9 Å². The van der Waals surface area contributed by atoms with Crippen LogP contribution in [0, 0.1) is 12.8 Å². The lowest BCUT2D eigenvalue weighted by Gasteiger charge is -2.22. The maximum Gasteiger partial charge on any atom is 0.251 e. The Hall–Kier alpha value is -2.14. The summed E-state index contributed by atoms with van der Waals surface area (Å²) in [5, 5.41) is 10.7. The normalized spacial score (nSPS) is 18.1. The molecule has 0 bridgehead atoms. The standard InChI is InChI=1S/C17H22N4O/c1-13-9-20-21(12-13)16-6-4-15(5-7-16)17(22)19-11-14-3-2-8-18-10-14/h4-7,9,12,14,18H,2-3,8,10-11H2,1H3,(H,19,22). The SMILES string of the molecule is Cc1cnn(-c2ccc(C(=O)NCC3CCCNC3)cc2)c1. The molecule has 1 aliphatic heterocycles. The first-order valence-corrected chi connectivity index (χ1v) is 7.83. The molecule has 116 valence electrons. The molecule has 2 N–H and O–H groups in total. The maximum absolute atomic E-state index is 12.2. The van der Waals surface area contributed by atoms with Crippen molar-refractivity contribution in [1.29, 1.82) is 0 Å². The van der Waals surface area contributed by atoms with Crippen LogP contribution in [0.3, 0.4) is 0 Å². The molecule has 1 atom stereocenters. The van der Waals surface area contributed by atoms with Gasteiger partial charge < -0.3 is 10.6 Å². The quantitative estimate of drug-likeness (QED) is 0.906. The van der Waals surface area contributed by atoms with E-state index in [0.29, 0.717) is 11.5 Å². The molecule has 5 nitrogen and oxygen atoms in total. The van der Waals surface area contributed by atoms with Gasteiger partial charge in [0, 0.05) is 18.3 Å². The molecule has 0 aliphatic carbocycles. The van der Waals surface area contributed by atoms with Crippen LogP contribution in [-0.2, 0) is 0 Å². The van der Waals surface area contributed by atoms with Gasteiger partial charge >= 0.3 is 0 Å². The molecule has 1 aromatic carbocycles. The minimum absolute atomic E-state index is 0.00577. The number of nitrogens with one attached hydrogen (secondary N) is 2. The van der Waals surface area contributed by atoms with Crippen LogP contribution in [0.1, 0.15) is 28.8 Å². The minimum Gasteiger partial charge on any atom is -0.352 e. The van der Waals surface area contributed by atoms with Gasteiger partial charge in [-0.05, 0) is 68.6 Å². The van der Waals surface area contributed by atoms with Crippen LogP contribution < -0.4 is 10.6 Å². The molecular weight excluding hydrogens is 276 g/mol. The number of nitrogens with zero attached hydrogens (tertiary/aromatic N) is 2. The number of rotatable bonds is 4. The Kier molecular flexibility index (Phi) is 4.53. The second-order valence-corrected chi connectivity index (χ2v) is 5.93. The van der Waals surface area contributed by atoms with Crippen LogP contribution in [0.4, 0.5) is 0 Å². The first-order valence-electron chi connectivity index (χ1n) is 7.83. The lowest BCUT2D eigenvalue weighted by molar-refractivity contribution is 0.0945. The van der Waals surface area contributed by atoms with Gasteiger partial charge in [0.15, 0.2) is 0 Å². The number of aromatic nitrogens is 2. The average molecular weight is 298 g/mol. The second kappa shape index (κ2) is 6.75. The topological polar surface area (TPSA) is 59.0 Å². The zero-order valence-electron chi connectivity index (χ0n) is 12.9. The van der Waals surface area contributed by atoms with Crippen molar-refractivity contribution in [2.24, 2.45) is 5.92 Å². The number of benzene rings is 1. The lowest BCUT2D eigenvalue weighted by Crippen LogP contribution is -2.38. The number of hydrogen-bond donors (Lipinski definition) is 2. The second-order valence-electron chi connectivity index (χ2n) is 5.93. The van der Waals surface area contributed by atoms with E-state index in [9.17, 15) is 4.79 Å². The number of carbonyl (C=O) groups excluding carboxylic acids is 1. The third-order valence-corrected chi connectivity index (χ3v) is 4.06. The van der Waals surface area contributed by atoms with Crippen LogP contribution in [0.2, 0.25) is 0 Å². The Morgan fingerprint density at radius 2 is 2.23 bits per heavy atom. The molecule has 1 aliphatic rings. The van der Waals surface area contributed by atoms with E-state index in [4.69, 9.17) is 0 Å². The summed E-state index contributed by atoms with van der Waals surface area (Å²) in [6, 6.07) is 7.54. The largest absolute Gasteiger partial charge is 0.352 e. The molecule has 1 amide bonds. The van der Waals surface area contributed by atoms with Crippen molar-refractivity contribution in [3.8, 4) is 5.69 Å². The van der Waals surface area contributed by atoms with E-state index < -0.39 is 0 Å². The van der Waals surface area contributed by atoms with Gasteiger partial charge in [-0.25, -0.2) is 4.68 Å². The molecule has 0 radical (unpaired) electrons. The smallest absolute Gasteiger partial charge is 0.251 e. The number of aryl methyl sites for hydroxylation is 1. The van der Waals surface area contributed by atoms with Crippen molar-refractivity contribution in [1.82, 2.24) is 20.4 Å².